The molecule has 1 fully saturated rings. The van der Waals surface area contributed by atoms with Crippen molar-refractivity contribution in [2.45, 2.75) is 32.7 Å². The van der Waals surface area contributed by atoms with Gasteiger partial charge in [-0.2, -0.15) is 0 Å². The van der Waals surface area contributed by atoms with Gasteiger partial charge in [-0.15, -0.1) is 0 Å². The Morgan fingerprint density at radius 1 is 1.45 bits per heavy atom. The van der Waals surface area contributed by atoms with E-state index in [1.807, 2.05) is 13.8 Å². The van der Waals surface area contributed by atoms with Gasteiger partial charge in [0.05, 0.1) is 19.2 Å². The van der Waals surface area contributed by atoms with Crippen LogP contribution in [-0.2, 0) is 14.3 Å². The summed E-state index contributed by atoms with van der Waals surface area (Å²) in [5, 5.41) is 2.62. The number of carbonyl (C=O) groups is 2. The molecule has 0 aliphatic carbocycles. The van der Waals surface area contributed by atoms with Crippen LogP contribution in [0.2, 0.25) is 0 Å². The normalized spacial score (nSPS) is 20.9. The number of nitrogens with one attached hydrogen (secondary N) is 1. The first-order valence-corrected chi connectivity index (χ1v) is 7.25. The molecule has 6 heteroatoms. The first-order chi connectivity index (χ1) is 9.45. The topological polar surface area (TPSA) is 84.7 Å². The predicted molar refractivity (Wildman–Crippen MR) is 77.0 cm³/mol. The standard InChI is InChI=1S/C14H27N3O3/c1-10(2)13(15)14(19)16-7-12(18)17-6-4-5-11(8-17)9-20-3/h10-11,13H,4-9,15H2,1-3H3,(H,16,19)/t11?,13-/m0/s1. The number of rotatable bonds is 6. The molecule has 116 valence electrons. The zero-order chi connectivity index (χ0) is 15.1. The van der Waals surface area contributed by atoms with Crippen LogP contribution in [0, 0.1) is 11.8 Å². The highest BCUT2D eigenvalue weighted by Crippen LogP contribution is 2.16. The van der Waals surface area contributed by atoms with E-state index >= 15 is 0 Å². The molecule has 0 aromatic carbocycles. The molecule has 2 atom stereocenters. The number of ether oxygens (including phenoxy) is 1. The second-order valence-corrected chi connectivity index (χ2v) is 5.79. The van der Waals surface area contributed by atoms with E-state index in [9.17, 15) is 9.59 Å². The van der Waals surface area contributed by atoms with E-state index in [0.717, 1.165) is 19.4 Å². The SMILES string of the molecule is COCC1CCCN(C(=O)CNC(=O)[C@@H](N)C(C)C)C1. The van der Waals surface area contributed by atoms with Crippen LogP contribution in [0.5, 0.6) is 0 Å². The van der Waals surface area contributed by atoms with E-state index in [1.165, 1.54) is 0 Å². The molecule has 0 aromatic rings. The number of methoxy groups -OCH3 is 1. The fourth-order valence-electron chi connectivity index (χ4n) is 2.36. The Balaban J connectivity index is 2.37. The van der Waals surface area contributed by atoms with E-state index in [1.54, 1.807) is 12.0 Å². The van der Waals surface area contributed by atoms with Gasteiger partial charge in [0.15, 0.2) is 0 Å². The molecule has 6 nitrogen and oxygen atoms in total. The molecule has 20 heavy (non-hydrogen) atoms. The van der Waals surface area contributed by atoms with Crippen molar-refractivity contribution in [2.24, 2.45) is 17.6 Å². The van der Waals surface area contributed by atoms with Crippen LogP contribution < -0.4 is 11.1 Å². The van der Waals surface area contributed by atoms with E-state index in [-0.39, 0.29) is 24.3 Å². The largest absolute Gasteiger partial charge is 0.384 e. The number of carbonyl (C=O) groups excluding carboxylic acids is 2. The maximum absolute atomic E-state index is 12.1. The number of nitrogens with two attached hydrogens (primary N) is 1. The fourth-order valence-corrected chi connectivity index (χ4v) is 2.36. The molecule has 1 rings (SSSR count). The third-order valence-electron chi connectivity index (χ3n) is 3.71. The number of nitrogens with zero attached hydrogens (tertiary/aromatic N) is 1. The summed E-state index contributed by atoms with van der Waals surface area (Å²) in [6.07, 6.45) is 2.07. The van der Waals surface area contributed by atoms with Crippen molar-refractivity contribution in [3.8, 4) is 0 Å². The summed E-state index contributed by atoms with van der Waals surface area (Å²) in [4.78, 5) is 25.6. The van der Waals surface area contributed by atoms with Crippen LogP contribution in [0.4, 0.5) is 0 Å². The average Bonchev–Trinajstić information content (AvgIpc) is 2.44. The summed E-state index contributed by atoms with van der Waals surface area (Å²) in [6, 6.07) is -0.564. The van der Waals surface area contributed by atoms with Gasteiger partial charge in [0, 0.05) is 20.2 Å². The third-order valence-corrected chi connectivity index (χ3v) is 3.71. The van der Waals surface area contributed by atoms with Gasteiger partial charge in [-0.25, -0.2) is 0 Å². The summed E-state index contributed by atoms with van der Waals surface area (Å²) >= 11 is 0. The minimum absolute atomic E-state index is 0.0267. The molecule has 0 aromatic heterocycles. The molecular formula is C14H27N3O3. The van der Waals surface area contributed by atoms with Crippen molar-refractivity contribution in [1.29, 1.82) is 0 Å². The molecule has 0 bridgehead atoms. The Bertz CT molecular complexity index is 332. The molecule has 3 N–H and O–H groups in total. The Morgan fingerprint density at radius 2 is 2.15 bits per heavy atom. The van der Waals surface area contributed by atoms with Crippen molar-refractivity contribution in [3.63, 3.8) is 0 Å². The number of hydrogen-bond acceptors (Lipinski definition) is 4. The van der Waals surface area contributed by atoms with Gasteiger partial charge in [0.2, 0.25) is 11.8 Å². The van der Waals surface area contributed by atoms with Gasteiger partial charge >= 0.3 is 0 Å². The lowest BCUT2D eigenvalue weighted by Crippen LogP contribution is -2.49. The lowest BCUT2D eigenvalue weighted by atomic mass is 9.99. The van der Waals surface area contributed by atoms with Crippen LogP contribution in [-0.4, -0.2) is 56.1 Å². The van der Waals surface area contributed by atoms with Gasteiger partial charge in [-0.1, -0.05) is 13.8 Å². The summed E-state index contributed by atoms with van der Waals surface area (Å²) < 4.78 is 5.14. The number of hydrogen-bond donors (Lipinski definition) is 2. The Kier molecular flexibility index (Phi) is 6.95. The first kappa shape index (κ1) is 16.9. The van der Waals surface area contributed by atoms with E-state index in [2.05, 4.69) is 5.32 Å². The van der Waals surface area contributed by atoms with Crippen LogP contribution in [0.15, 0.2) is 0 Å². The first-order valence-electron chi connectivity index (χ1n) is 7.25. The summed E-state index contributed by atoms with van der Waals surface area (Å²) in [7, 11) is 1.67. The number of likely N-dealkylation sites (tertiary alicyclic amines) is 1. The quantitative estimate of drug-likeness (QED) is 0.718. The van der Waals surface area contributed by atoms with Crippen molar-refractivity contribution >= 4 is 11.8 Å². The zero-order valence-electron chi connectivity index (χ0n) is 12.7. The van der Waals surface area contributed by atoms with Crippen LogP contribution in [0.1, 0.15) is 26.7 Å². The Morgan fingerprint density at radius 3 is 2.75 bits per heavy atom. The minimum Gasteiger partial charge on any atom is -0.384 e. The molecule has 1 aliphatic heterocycles. The molecule has 1 heterocycles. The van der Waals surface area contributed by atoms with Crippen LogP contribution in [0.25, 0.3) is 0 Å². The molecule has 2 amide bonds. The van der Waals surface area contributed by atoms with Gasteiger partial charge in [-0.05, 0) is 24.7 Å². The van der Waals surface area contributed by atoms with Gasteiger partial charge < -0.3 is 20.7 Å². The maximum atomic E-state index is 12.1. The summed E-state index contributed by atoms with van der Waals surface area (Å²) in [6.45, 7) is 5.93. The lowest BCUT2D eigenvalue weighted by Gasteiger charge is -2.32. The Labute approximate surface area is 121 Å². The molecule has 0 radical (unpaired) electrons. The lowest BCUT2D eigenvalue weighted by molar-refractivity contribution is -0.135. The second-order valence-electron chi connectivity index (χ2n) is 5.79. The van der Waals surface area contributed by atoms with Crippen molar-refractivity contribution < 1.29 is 14.3 Å². The molecule has 0 spiro atoms. The fraction of sp³-hybridized carbons (Fsp3) is 0.857. The highest BCUT2D eigenvalue weighted by Gasteiger charge is 2.24. The average molecular weight is 285 g/mol. The van der Waals surface area contributed by atoms with Gasteiger partial charge in [0.1, 0.15) is 0 Å². The number of amides is 2. The van der Waals surface area contributed by atoms with Gasteiger partial charge in [-0.3, -0.25) is 9.59 Å². The van der Waals surface area contributed by atoms with E-state index in [4.69, 9.17) is 10.5 Å². The molecule has 1 saturated heterocycles. The van der Waals surface area contributed by atoms with Crippen molar-refractivity contribution in [1.82, 2.24) is 10.2 Å². The minimum atomic E-state index is -0.564. The number of piperidine rings is 1. The molecule has 1 unspecified atom stereocenters. The highest BCUT2D eigenvalue weighted by molar-refractivity contribution is 5.87. The smallest absolute Gasteiger partial charge is 0.241 e. The highest BCUT2D eigenvalue weighted by atomic mass is 16.5. The zero-order valence-corrected chi connectivity index (χ0v) is 12.7. The summed E-state index contributed by atoms with van der Waals surface area (Å²) in [5.41, 5.74) is 5.73. The molecular weight excluding hydrogens is 258 g/mol. The van der Waals surface area contributed by atoms with Crippen LogP contribution >= 0.6 is 0 Å². The third kappa shape index (κ3) is 5.09. The monoisotopic (exact) mass is 285 g/mol. The summed E-state index contributed by atoms with van der Waals surface area (Å²) in [5.74, 6) is 0.145. The molecule has 0 saturated carbocycles. The van der Waals surface area contributed by atoms with Crippen molar-refractivity contribution in [3.05, 3.63) is 0 Å². The van der Waals surface area contributed by atoms with E-state index in [0.29, 0.717) is 19.1 Å². The maximum Gasteiger partial charge on any atom is 0.241 e. The van der Waals surface area contributed by atoms with Crippen LogP contribution in [0.3, 0.4) is 0 Å². The van der Waals surface area contributed by atoms with E-state index < -0.39 is 6.04 Å². The van der Waals surface area contributed by atoms with Crippen molar-refractivity contribution in [2.75, 3.05) is 33.4 Å². The Hall–Kier alpha value is -1.14. The predicted octanol–water partition coefficient (Wildman–Crippen LogP) is -0.0291. The van der Waals surface area contributed by atoms with Gasteiger partial charge in [0.25, 0.3) is 0 Å². The second kappa shape index (κ2) is 8.21. The molecule has 1 aliphatic rings.